The molecule has 0 saturated heterocycles. The third kappa shape index (κ3) is 3.33. The molecule has 1 aromatic carbocycles. The molecule has 70 valence electrons. The van der Waals surface area contributed by atoms with Gasteiger partial charge < -0.3 is 4.74 Å². The van der Waals surface area contributed by atoms with Gasteiger partial charge in [-0.15, -0.1) is 6.58 Å². The molecule has 1 rings (SSSR count). The zero-order valence-electron chi connectivity index (χ0n) is 7.45. The fourth-order valence-electron chi connectivity index (χ4n) is 1.08. The van der Waals surface area contributed by atoms with Crippen molar-refractivity contribution in [3.8, 4) is 0 Å². The molecule has 1 nitrogen and oxygen atoms in total. The lowest BCUT2D eigenvalue weighted by atomic mass is 10.1. The zero-order chi connectivity index (χ0) is 9.52. The highest BCUT2D eigenvalue weighted by atomic mass is 79.9. The van der Waals surface area contributed by atoms with Gasteiger partial charge in [0.1, 0.15) is 0 Å². The molecule has 0 aliphatic rings. The molecule has 1 atom stereocenters. The lowest BCUT2D eigenvalue weighted by Gasteiger charge is -2.14. The van der Waals surface area contributed by atoms with Crippen LogP contribution in [0.15, 0.2) is 43.0 Å². The average molecular weight is 241 g/mol. The Hall–Kier alpha value is -0.600. The fraction of sp³-hybridized carbons (Fsp3) is 0.273. The summed E-state index contributed by atoms with van der Waals surface area (Å²) in [6.07, 6.45) is 1.89. The maximum Gasteiger partial charge on any atom is 0.0925 e. The van der Waals surface area contributed by atoms with Gasteiger partial charge in [0.05, 0.1) is 12.7 Å². The van der Waals surface area contributed by atoms with Gasteiger partial charge in [-0.05, 0) is 5.56 Å². The predicted molar refractivity (Wildman–Crippen MR) is 59.1 cm³/mol. The Labute approximate surface area is 87.5 Å². The smallest absolute Gasteiger partial charge is 0.0925 e. The summed E-state index contributed by atoms with van der Waals surface area (Å²) in [5.74, 6) is 0. The van der Waals surface area contributed by atoms with E-state index in [0.29, 0.717) is 6.61 Å². The Morgan fingerprint density at radius 1 is 1.38 bits per heavy atom. The van der Waals surface area contributed by atoms with E-state index in [9.17, 15) is 0 Å². The van der Waals surface area contributed by atoms with Gasteiger partial charge in [0.2, 0.25) is 0 Å². The molecule has 0 spiro atoms. The number of rotatable bonds is 5. The highest BCUT2D eigenvalue weighted by Crippen LogP contribution is 2.18. The quantitative estimate of drug-likeness (QED) is 0.567. The maximum atomic E-state index is 5.56. The van der Waals surface area contributed by atoms with Crippen molar-refractivity contribution >= 4 is 15.9 Å². The Morgan fingerprint density at radius 3 is 2.62 bits per heavy atom. The molecule has 0 amide bonds. The molecular weight excluding hydrogens is 228 g/mol. The molecule has 0 heterocycles. The first-order valence-corrected chi connectivity index (χ1v) is 5.34. The molecular formula is C11H13BrO. The van der Waals surface area contributed by atoms with Crippen molar-refractivity contribution in [1.29, 1.82) is 0 Å². The average Bonchev–Trinajstić information content (AvgIpc) is 2.21. The van der Waals surface area contributed by atoms with Crippen LogP contribution in [-0.2, 0) is 4.74 Å². The van der Waals surface area contributed by atoms with E-state index >= 15 is 0 Å². The summed E-state index contributed by atoms with van der Waals surface area (Å²) < 4.78 is 5.56. The molecule has 13 heavy (non-hydrogen) atoms. The normalized spacial score (nSPS) is 12.4. The van der Waals surface area contributed by atoms with E-state index in [0.717, 1.165) is 5.33 Å². The Bertz CT molecular complexity index is 246. The van der Waals surface area contributed by atoms with E-state index in [1.807, 2.05) is 18.2 Å². The number of halogens is 1. The van der Waals surface area contributed by atoms with Gasteiger partial charge >= 0.3 is 0 Å². The summed E-state index contributed by atoms with van der Waals surface area (Å²) in [6, 6.07) is 10.2. The predicted octanol–water partition coefficient (Wildman–Crippen LogP) is 3.33. The van der Waals surface area contributed by atoms with Gasteiger partial charge in [-0.25, -0.2) is 0 Å². The van der Waals surface area contributed by atoms with Crippen molar-refractivity contribution in [3.63, 3.8) is 0 Å². The van der Waals surface area contributed by atoms with E-state index in [4.69, 9.17) is 4.74 Å². The number of alkyl halides is 1. The molecule has 2 heteroatoms. The lowest BCUT2D eigenvalue weighted by Crippen LogP contribution is -2.05. The Balaban J connectivity index is 2.61. The molecule has 0 N–H and O–H groups in total. The first-order valence-electron chi connectivity index (χ1n) is 4.22. The van der Waals surface area contributed by atoms with Gasteiger partial charge in [0.15, 0.2) is 0 Å². The van der Waals surface area contributed by atoms with Crippen molar-refractivity contribution in [3.05, 3.63) is 48.6 Å². The molecule has 0 saturated carbocycles. The largest absolute Gasteiger partial charge is 0.369 e. The third-order valence-corrected chi connectivity index (χ3v) is 2.31. The third-order valence-electron chi connectivity index (χ3n) is 1.73. The van der Waals surface area contributed by atoms with Crippen LogP contribution < -0.4 is 0 Å². The summed E-state index contributed by atoms with van der Waals surface area (Å²) >= 11 is 3.42. The number of hydrogen-bond donors (Lipinski definition) is 0. The van der Waals surface area contributed by atoms with Crippen molar-refractivity contribution in [2.75, 3.05) is 11.9 Å². The molecule has 1 aromatic rings. The van der Waals surface area contributed by atoms with Gasteiger partial charge in [-0.3, -0.25) is 0 Å². The van der Waals surface area contributed by atoms with Gasteiger partial charge in [0.25, 0.3) is 0 Å². The zero-order valence-corrected chi connectivity index (χ0v) is 9.03. The molecule has 0 aromatic heterocycles. The summed E-state index contributed by atoms with van der Waals surface area (Å²) in [5.41, 5.74) is 1.20. The van der Waals surface area contributed by atoms with Crippen LogP contribution in [0, 0.1) is 0 Å². The molecule has 0 unspecified atom stereocenters. The second-order valence-corrected chi connectivity index (χ2v) is 3.32. The maximum absolute atomic E-state index is 5.56. The summed E-state index contributed by atoms with van der Waals surface area (Å²) in [5, 5.41) is 0.810. The summed E-state index contributed by atoms with van der Waals surface area (Å²) in [7, 11) is 0. The van der Waals surface area contributed by atoms with Crippen molar-refractivity contribution < 1.29 is 4.74 Å². The standard InChI is InChI=1S/C11H13BrO/c1-2-8-13-11(9-12)10-6-4-3-5-7-10/h2-7,11H,1,8-9H2/t11-/m1/s1. The Morgan fingerprint density at radius 2 is 2.08 bits per heavy atom. The fourth-order valence-corrected chi connectivity index (χ4v) is 1.64. The number of ether oxygens (including phenoxy) is 1. The van der Waals surface area contributed by atoms with Crippen LogP contribution in [0.2, 0.25) is 0 Å². The van der Waals surface area contributed by atoms with E-state index in [2.05, 4.69) is 34.6 Å². The van der Waals surface area contributed by atoms with Crippen molar-refractivity contribution in [1.82, 2.24) is 0 Å². The van der Waals surface area contributed by atoms with E-state index < -0.39 is 0 Å². The van der Waals surface area contributed by atoms with Crippen LogP contribution in [-0.4, -0.2) is 11.9 Å². The molecule has 0 bridgehead atoms. The number of hydrogen-bond acceptors (Lipinski definition) is 1. The minimum absolute atomic E-state index is 0.124. The van der Waals surface area contributed by atoms with E-state index in [1.165, 1.54) is 5.56 Å². The highest BCUT2D eigenvalue weighted by molar-refractivity contribution is 9.09. The first kappa shape index (κ1) is 10.5. The van der Waals surface area contributed by atoms with Crippen LogP contribution in [0.5, 0.6) is 0 Å². The van der Waals surface area contributed by atoms with Gasteiger partial charge in [-0.1, -0.05) is 52.3 Å². The monoisotopic (exact) mass is 240 g/mol. The molecule has 0 aliphatic carbocycles. The van der Waals surface area contributed by atoms with Crippen molar-refractivity contribution in [2.24, 2.45) is 0 Å². The van der Waals surface area contributed by atoms with Gasteiger partial charge in [0, 0.05) is 5.33 Å². The SMILES string of the molecule is C=CCO[C@H](CBr)c1ccccc1. The second-order valence-electron chi connectivity index (χ2n) is 2.68. The second kappa shape index (κ2) is 5.95. The van der Waals surface area contributed by atoms with E-state index in [1.54, 1.807) is 6.08 Å². The van der Waals surface area contributed by atoms with Gasteiger partial charge in [-0.2, -0.15) is 0 Å². The summed E-state index contributed by atoms with van der Waals surface area (Å²) in [4.78, 5) is 0. The van der Waals surface area contributed by atoms with Crippen LogP contribution in [0.25, 0.3) is 0 Å². The van der Waals surface area contributed by atoms with Crippen LogP contribution >= 0.6 is 15.9 Å². The van der Waals surface area contributed by atoms with E-state index in [-0.39, 0.29) is 6.10 Å². The highest BCUT2D eigenvalue weighted by Gasteiger charge is 2.07. The minimum atomic E-state index is 0.124. The van der Waals surface area contributed by atoms with Crippen LogP contribution in [0.3, 0.4) is 0 Å². The Kier molecular flexibility index (Phi) is 4.79. The number of benzene rings is 1. The first-order chi connectivity index (χ1) is 6.38. The lowest BCUT2D eigenvalue weighted by molar-refractivity contribution is 0.0932. The summed E-state index contributed by atoms with van der Waals surface area (Å²) in [6.45, 7) is 4.21. The molecule has 0 fully saturated rings. The minimum Gasteiger partial charge on any atom is -0.369 e. The molecule has 0 aliphatic heterocycles. The topological polar surface area (TPSA) is 9.23 Å². The van der Waals surface area contributed by atoms with Crippen molar-refractivity contribution in [2.45, 2.75) is 6.10 Å². The van der Waals surface area contributed by atoms with Crippen LogP contribution in [0.4, 0.5) is 0 Å². The molecule has 0 radical (unpaired) electrons. The van der Waals surface area contributed by atoms with Crippen LogP contribution in [0.1, 0.15) is 11.7 Å².